The molecule has 1 aromatic heterocycles. The monoisotopic (exact) mass is 730 g/mol. The highest BCUT2D eigenvalue weighted by Crippen LogP contribution is 2.38. The van der Waals surface area contributed by atoms with Crippen LogP contribution in [0, 0.1) is 29.6 Å². The van der Waals surface area contributed by atoms with Crippen LogP contribution in [0.3, 0.4) is 0 Å². The van der Waals surface area contributed by atoms with Gasteiger partial charge in [0.25, 0.3) is 0 Å². The minimum atomic E-state index is -0.666. The van der Waals surface area contributed by atoms with E-state index in [4.69, 9.17) is 14.7 Å². The lowest BCUT2D eigenvalue weighted by atomic mass is 9.96. The second kappa shape index (κ2) is 16.5. The number of rotatable bonds is 9. The molecule has 2 aromatic carbocycles. The molecular formula is C44H54N6O4. The van der Waals surface area contributed by atoms with Gasteiger partial charge in [-0.3, -0.25) is 14.6 Å². The lowest BCUT2D eigenvalue weighted by Crippen LogP contribution is -2.55. The van der Waals surface area contributed by atoms with E-state index in [9.17, 15) is 14.4 Å². The number of H-pyrrole nitrogens is 1. The Kier molecular flexibility index (Phi) is 11.8. The first kappa shape index (κ1) is 38.6. The van der Waals surface area contributed by atoms with Crippen molar-refractivity contribution in [2.45, 2.75) is 111 Å². The van der Waals surface area contributed by atoms with E-state index in [0.29, 0.717) is 12.3 Å². The predicted octanol–water partition coefficient (Wildman–Crippen LogP) is 7.77. The number of nitrogens with zero attached hydrogens (tertiary/aromatic N) is 4. The van der Waals surface area contributed by atoms with E-state index in [1.54, 1.807) is 0 Å². The van der Waals surface area contributed by atoms with Crippen LogP contribution in [0.1, 0.15) is 109 Å². The molecule has 10 nitrogen and oxygen atoms in total. The molecule has 3 aliphatic heterocycles. The third-order valence-corrected chi connectivity index (χ3v) is 11.5. The van der Waals surface area contributed by atoms with Crippen LogP contribution in [0.5, 0.6) is 0 Å². The van der Waals surface area contributed by atoms with Gasteiger partial charge in [-0.2, -0.15) is 0 Å². The van der Waals surface area contributed by atoms with Gasteiger partial charge in [-0.05, 0) is 92.3 Å². The Hall–Kier alpha value is -5.17. The molecule has 6 atom stereocenters. The topological polar surface area (TPSA) is 120 Å². The molecule has 3 aliphatic rings. The summed E-state index contributed by atoms with van der Waals surface area (Å²) in [6, 6.07) is 15.8. The van der Waals surface area contributed by atoms with Crippen LogP contribution < -0.4 is 5.32 Å². The summed E-state index contributed by atoms with van der Waals surface area (Å²) in [5.41, 5.74) is 6.93. The smallest absolute Gasteiger partial charge is 0.407 e. The first-order valence-electron chi connectivity index (χ1n) is 19.4. The first-order valence-corrected chi connectivity index (χ1v) is 19.4. The third kappa shape index (κ3) is 8.15. The van der Waals surface area contributed by atoms with Gasteiger partial charge >= 0.3 is 6.09 Å². The number of hydrogen-bond acceptors (Lipinski definition) is 6. The molecular weight excluding hydrogens is 677 g/mol. The van der Waals surface area contributed by atoms with Gasteiger partial charge in [-0.15, -0.1) is 0 Å². The molecule has 3 aromatic rings. The molecule has 2 N–H and O–H groups in total. The van der Waals surface area contributed by atoms with Crippen molar-refractivity contribution in [2.24, 2.45) is 22.7 Å². The first-order chi connectivity index (χ1) is 25.9. The summed E-state index contributed by atoms with van der Waals surface area (Å²) in [7, 11) is 1.31. The normalized spacial score (nSPS) is 22.1. The summed E-state index contributed by atoms with van der Waals surface area (Å²) in [4.78, 5) is 56.0. The summed E-state index contributed by atoms with van der Waals surface area (Å²) in [5.74, 6) is 7.71. The summed E-state index contributed by atoms with van der Waals surface area (Å²) < 4.78 is 4.79. The van der Waals surface area contributed by atoms with Gasteiger partial charge in [0.15, 0.2) is 0 Å². The number of ether oxygens (including phenoxy) is 1. The largest absolute Gasteiger partial charge is 0.453 e. The van der Waals surface area contributed by atoms with E-state index in [1.807, 2.05) is 79.4 Å². The van der Waals surface area contributed by atoms with Crippen LogP contribution in [0.15, 0.2) is 65.9 Å². The van der Waals surface area contributed by atoms with Gasteiger partial charge in [0.05, 0.1) is 31.1 Å². The highest BCUT2D eigenvalue weighted by molar-refractivity contribution is 6.04. The maximum absolute atomic E-state index is 13.7. The zero-order valence-electron chi connectivity index (χ0n) is 32.8. The molecule has 284 valence electrons. The number of aromatic amines is 1. The van der Waals surface area contributed by atoms with Crippen molar-refractivity contribution in [2.75, 3.05) is 7.11 Å². The highest BCUT2D eigenvalue weighted by Gasteiger charge is 2.42. The summed E-state index contributed by atoms with van der Waals surface area (Å²) in [6.07, 6.45) is 7.44. The van der Waals surface area contributed by atoms with Crippen molar-refractivity contribution < 1.29 is 19.1 Å². The highest BCUT2D eigenvalue weighted by atomic mass is 16.5. The van der Waals surface area contributed by atoms with Crippen molar-refractivity contribution in [3.63, 3.8) is 0 Å². The maximum atomic E-state index is 13.7. The lowest BCUT2D eigenvalue weighted by molar-refractivity contribution is -0.139. The number of aliphatic imine (C=N–C) groups is 1. The van der Waals surface area contributed by atoms with Gasteiger partial charge in [0.1, 0.15) is 11.9 Å². The summed E-state index contributed by atoms with van der Waals surface area (Å²) in [6.45, 7) is 14.3. The van der Waals surface area contributed by atoms with Crippen molar-refractivity contribution in [3.8, 4) is 23.1 Å². The summed E-state index contributed by atoms with van der Waals surface area (Å²) in [5, 5.41) is 2.73. The third-order valence-electron chi connectivity index (χ3n) is 11.5. The Morgan fingerprint density at radius 1 is 0.796 bits per heavy atom. The number of carbonyl (C=O) groups excluding carboxylic acids is 3. The SMILES string of the molecule is COC(=O)N[C@H](C(=O)N1C(C2=NC=C(c3ccc(C#Cc4ccc(-c5cnc(C6CC[C@H](C)N6C(=O)[C@@H](C)C(C)C)[nH]5)cc4)cc3)C2)CC[C@@H]1C)C(C)C. The second-order valence-electron chi connectivity index (χ2n) is 15.8. The molecule has 0 bridgehead atoms. The van der Waals surface area contributed by atoms with Gasteiger partial charge < -0.3 is 24.8 Å². The molecule has 54 heavy (non-hydrogen) atoms. The molecule has 3 amide bonds. The number of likely N-dealkylation sites (tertiary alicyclic amines) is 2. The van der Waals surface area contributed by atoms with Crippen LogP contribution in [-0.4, -0.2) is 74.7 Å². The molecule has 2 saturated heterocycles. The average molecular weight is 731 g/mol. The Morgan fingerprint density at radius 2 is 1.37 bits per heavy atom. The standard InChI is InChI=1S/C44H54N6O4/c1-26(2)30(7)42(51)50-29(6)10-22-39(50)41-46-25-37(47-41)34-19-15-32(16-20-34)12-11-31-13-17-33(18-14-31)35-23-36(45-24-35)38-21-9-28(5)49(38)43(52)40(27(3)4)48-44(53)54-8/h13-20,24-30,38-40H,9-10,21-23H2,1-8H3,(H,46,47)(H,48,53)/t28-,29-,30-,38?,39?,40-/m0/s1. The van der Waals surface area contributed by atoms with Gasteiger partial charge in [0.2, 0.25) is 11.8 Å². The Labute approximate surface area is 319 Å². The van der Waals surface area contributed by atoms with E-state index in [1.165, 1.54) is 7.11 Å². The number of nitrogens with one attached hydrogen (secondary N) is 2. The number of benzene rings is 2. The van der Waals surface area contributed by atoms with Crippen LogP contribution in [-0.2, 0) is 14.3 Å². The molecule has 0 radical (unpaired) electrons. The van der Waals surface area contributed by atoms with Crippen molar-refractivity contribution in [1.29, 1.82) is 0 Å². The number of aromatic nitrogens is 2. The quantitative estimate of drug-likeness (QED) is 0.218. The molecule has 4 heterocycles. The number of allylic oxidation sites excluding steroid dienone is 1. The lowest BCUT2D eigenvalue weighted by Gasteiger charge is -2.33. The number of methoxy groups -OCH3 is 1. The van der Waals surface area contributed by atoms with Crippen LogP contribution in [0.25, 0.3) is 16.8 Å². The number of imidazole rings is 1. The number of amides is 3. The summed E-state index contributed by atoms with van der Waals surface area (Å²) >= 11 is 0. The van der Waals surface area contributed by atoms with Crippen LogP contribution in [0.2, 0.25) is 0 Å². The zero-order chi connectivity index (χ0) is 38.7. The van der Waals surface area contributed by atoms with Gasteiger partial charge in [0, 0.05) is 47.5 Å². The van der Waals surface area contributed by atoms with E-state index in [2.05, 4.69) is 62.0 Å². The van der Waals surface area contributed by atoms with Crippen molar-refractivity contribution in [3.05, 3.63) is 83.4 Å². The van der Waals surface area contributed by atoms with Crippen LogP contribution >= 0.6 is 0 Å². The van der Waals surface area contributed by atoms with E-state index in [0.717, 1.165) is 70.7 Å². The fourth-order valence-electron chi connectivity index (χ4n) is 7.81. The molecule has 2 fully saturated rings. The number of carbonyl (C=O) groups is 3. The molecule has 0 spiro atoms. The van der Waals surface area contributed by atoms with Crippen molar-refractivity contribution >= 4 is 29.2 Å². The van der Waals surface area contributed by atoms with E-state index < -0.39 is 12.1 Å². The van der Waals surface area contributed by atoms with Crippen LogP contribution in [0.4, 0.5) is 4.79 Å². The molecule has 0 saturated carbocycles. The maximum Gasteiger partial charge on any atom is 0.407 e. The molecule has 0 aliphatic carbocycles. The number of alkyl carbamates (subject to hydrolysis) is 1. The number of hydrogen-bond donors (Lipinski definition) is 2. The Bertz CT molecular complexity index is 1970. The molecule has 6 rings (SSSR count). The fraction of sp³-hybridized carbons (Fsp3) is 0.477. The van der Waals surface area contributed by atoms with Gasteiger partial charge in [-0.25, -0.2) is 9.78 Å². The Morgan fingerprint density at radius 3 is 1.94 bits per heavy atom. The second-order valence-corrected chi connectivity index (χ2v) is 15.8. The van der Waals surface area contributed by atoms with E-state index in [-0.39, 0.29) is 47.8 Å². The minimum absolute atomic E-state index is 0.0256. The van der Waals surface area contributed by atoms with E-state index >= 15 is 0 Å². The zero-order valence-corrected chi connectivity index (χ0v) is 32.8. The fourth-order valence-corrected chi connectivity index (χ4v) is 7.81. The molecule has 10 heteroatoms. The predicted molar refractivity (Wildman–Crippen MR) is 212 cm³/mol. The Balaban J connectivity index is 1.06. The minimum Gasteiger partial charge on any atom is -0.453 e. The average Bonchev–Trinajstić information content (AvgIpc) is 3.99. The van der Waals surface area contributed by atoms with Crippen molar-refractivity contribution in [1.82, 2.24) is 25.1 Å². The van der Waals surface area contributed by atoms with Gasteiger partial charge in [-0.1, -0.05) is 70.7 Å². The molecule has 2 unspecified atom stereocenters.